The molecule has 1 aliphatic rings. The molecule has 0 heterocycles. The van der Waals surface area contributed by atoms with E-state index in [9.17, 15) is 5.11 Å². The summed E-state index contributed by atoms with van der Waals surface area (Å²) in [5, 5.41) is 11.4. The number of benzene rings is 1. The molecule has 1 saturated carbocycles. The number of aliphatic hydroxyl groups excluding tert-OH is 1. The van der Waals surface area contributed by atoms with E-state index in [0.717, 1.165) is 12.0 Å². The van der Waals surface area contributed by atoms with Crippen molar-refractivity contribution >= 4 is 23.2 Å². The Hall–Kier alpha value is -0.240. The molecule has 3 unspecified atom stereocenters. The molecule has 17 heavy (non-hydrogen) atoms. The maximum absolute atomic E-state index is 10.3. The molecule has 94 valence electrons. The van der Waals surface area contributed by atoms with Crippen molar-refractivity contribution in [2.45, 2.75) is 38.7 Å². The molecule has 0 amide bonds. The molecular weight excluding hydrogens is 255 g/mol. The Morgan fingerprint density at radius 2 is 2.06 bits per heavy atom. The monoisotopic (exact) mass is 272 g/mol. The van der Waals surface area contributed by atoms with Crippen LogP contribution in [0.3, 0.4) is 0 Å². The quantitative estimate of drug-likeness (QED) is 0.868. The summed E-state index contributed by atoms with van der Waals surface area (Å²) >= 11 is 11.8. The first-order valence-electron chi connectivity index (χ1n) is 6.20. The zero-order valence-electron chi connectivity index (χ0n) is 10.00. The highest BCUT2D eigenvalue weighted by atomic mass is 35.5. The molecule has 1 aliphatic carbocycles. The predicted octanol–water partition coefficient (Wildman–Crippen LogP) is 4.33. The van der Waals surface area contributed by atoms with Crippen LogP contribution < -0.4 is 0 Å². The summed E-state index contributed by atoms with van der Waals surface area (Å²) < 4.78 is 0. The fourth-order valence-corrected chi connectivity index (χ4v) is 3.13. The van der Waals surface area contributed by atoms with E-state index in [0.29, 0.717) is 28.3 Å². The number of hydrogen-bond acceptors (Lipinski definition) is 1. The summed E-state index contributed by atoms with van der Waals surface area (Å²) in [5.74, 6) is 1.07. The van der Waals surface area contributed by atoms with Crippen LogP contribution in [0.2, 0.25) is 10.0 Å². The highest BCUT2D eigenvalue weighted by Gasteiger charge is 2.29. The van der Waals surface area contributed by atoms with Crippen LogP contribution in [-0.4, -0.2) is 11.2 Å². The minimum absolute atomic E-state index is 0.259. The van der Waals surface area contributed by atoms with Crippen molar-refractivity contribution in [1.29, 1.82) is 0 Å². The van der Waals surface area contributed by atoms with Crippen LogP contribution in [0.15, 0.2) is 18.2 Å². The maximum Gasteiger partial charge on any atom is 0.0611 e. The van der Waals surface area contributed by atoms with Crippen LogP contribution in [0.5, 0.6) is 0 Å². The molecule has 2 rings (SSSR count). The number of rotatable bonds is 3. The van der Waals surface area contributed by atoms with Gasteiger partial charge in [-0.1, -0.05) is 49.0 Å². The summed E-state index contributed by atoms with van der Waals surface area (Å²) in [6.07, 6.45) is 4.04. The van der Waals surface area contributed by atoms with Crippen molar-refractivity contribution in [1.82, 2.24) is 0 Å². The second kappa shape index (κ2) is 5.60. The maximum atomic E-state index is 10.3. The molecule has 3 heteroatoms. The fraction of sp³-hybridized carbons (Fsp3) is 0.571. The minimum atomic E-state index is -0.259. The molecule has 1 N–H and O–H groups in total. The third-order valence-electron chi connectivity index (χ3n) is 3.85. The average molecular weight is 273 g/mol. The highest BCUT2D eigenvalue weighted by Crippen LogP contribution is 2.35. The van der Waals surface area contributed by atoms with Gasteiger partial charge < -0.3 is 5.11 Å². The molecule has 1 aromatic carbocycles. The SMILES string of the molecule is CC1CCCC1C(O)Cc1ccc(Cl)c(Cl)c1. The van der Waals surface area contributed by atoms with Crippen LogP contribution in [0, 0.1) is 11.8 Å². The molecule has 1 fully saturated rings. The lowest BCUT2D eigenvalue weighted by molar-refractivity contribution is 0.0902. The van der Waals surface area contributed by atoms with Crippen molar-refractivity contribution in [3.63, 3.8) is 0 Å². The van der Waals surface area contributed by atoms with Gasteiger partial charge in [0.1, 0.15) is 0 Å². The minimum Gasteiger partial charge on any atom is -0.392 e. The average Bonchev–Trinajstić information content (AvgIpc) is 2.70. The third kappa shape index (κ3) is 3.15. The zero-order chi connectivity index (χ0) is 12.4. The van der Waals surface area contributed by atoms with E-state index in [4.69, 9.17) is 23.2 Å². The van der Waals surface area contributed by atoms with Crippen LogP contribution >= 0.6 is 23.2 Å². The summed E-state index contributed by atoms with van der Waals surface area (Å²) in [6, 6.07) is 5.59. The van der Waals surface area contributed by atoms with Gasteiger partial charge in [-0.2, -0.15) is 0 Å². The molecule has 0 aromatic heterocycles. The number of halogens is 2. The molecule has 0 spiro atoms. The van der Waals surface area contributed by atoms with Gasteiger partial charge in [0.15, 0.2) is 0 Å². The van der Waals surface area contributed by atoms with Gasteiger partial charge in [-0.05, 0) is 42.4 Å². The number of hydrogen-bond donors (Lipinski definition) is 1. The van der Waals surface area contributed by atoms with Gasteiger partial charge >= 0.3 is 0 Å². The summed E-state index contributed by atoms with van der Waals surface area (Å²) in [4.78, 5) is 0. The normalized spacial score (nSPS) is 26.1. The second-order valence-corrected chi connectivity index (χ2v) is 5.91. The highest BCUT2D eigenvalue weighted by molar-refractivity contribution is 6.42. The molecule has 0 saturated heterocycles. The van der Waals surface area contributed by atoms with E-state index in [1.807, 2.05) is 12.1 Å². The van der Waals surface area contributed by atoms with E-state index >= 15 is 0 Å². The van der Waals surface area contributed by atoms with E-state index in [1.165, 1.54) is 12.8 Å². The van der Waals surface area contributed by atoms with E-state index < -0.39 is 0 Å². The summed E-state index contributed by atoms with van der Waals surface area (Å²) in [6.45, 7) is 2.23. The van der Waals surface area contributed by atoms with Crippen molar-refractivity contribution in [3.8, 4) is 0 Å². The molecule has 3 atom stereocenters. The van der Waals surface area contributed by atoms with E-state index in [2.05, 4.69) is 6.92 Å². The first kappa shape index (κ1) is 13.2. The van der Waals surface area contributed by atoms with Gasteiger partial charge in [-0.3, -0.25) is 0 Å². The molecule has 0 bridgehead atoms. The van der Waals surface area contributed by atoms with Crippen molar-refractivity contribution in [3.05, 3.63) is 33.8 Å². The van der Waals surface area contributed by atoms with Crippen molar-refractivity contribution in [2.24, 2.45) is 11.8 Å². The van der Waals surface area contributed by atoms with Gasteiger partial charge in [-0.25, -0.2) is 0 Å². The topological polar surface area (TPSA) is 20.2 Å². The first-order valence-corrected chi connectivity index (χ1v) is 6.95. The zero-order valence-corrected chi connectivity index (χ0v) is 11.5. The van der Waals surface area contributed by atoms with E-state index in [-0.39, 0.29) is 6.10 Å². The molecule has 1 aromatic rings. The molecule has 0 radical (unpaired) electrons. The lowest BCUT2D eigenvalue weighted by Crippen LogP contribution is -2.24. The Labute approximate surface area is 113 Å². The Morgan fingerprint density at radius 3 is 2.65 bits per heavy atom. The third-order valence-corrected chi connectivity index (χ3v) is 4.59. The molecular formula is C14H18Cl2O. The Bertz CT molecular complexity index is 392. The summed E-state index contributed by atoms with van der Waals surface area (Å²) in [7, 11) is 0. The molecule has 1 nitrogen and oxygen atoms in total. The van der Waals surface area contributed by atoms with Crippen LogP contribution in [0.4, 0.5) is 0 Å². The molecule has 0 aliphatic heterocycles. The fourth-order valence-electron chi connectivity index (χ4n) is 2.81. The predicted molar refractivity (Wildman–Crippen MR) is 72.7 cm³/mol. The Kier molecular flexibility index (Phi) is 4.35. The van der Waals surface area contributed by atoms with E-state index in [1.54, 1.807) is 6.07 Å². The van der Waals surface area contributed by atoms with Gasteiger partial charge in [0.25, 0.3) is 0 Å². The Morgan fingerprint density at radius 1 is 1.29 bits per heavy atom. The van der Waals surface area contributed by atoms with Gasteiger partial charge in [0, 0.05) is 0 Å². The van der Waals surface area contributed by atoms with Crippen LogP contribution in [0.1, 0.15) is 31.7 Å². The lowest BCUT2D eigenvalue weighted by Gasteiger charge is -2.22. The standard InChI is InChI=1S/C14H18Cl2O/c1-9-3-2-4-11(9)14(17)8-10-5-6-12(15)13(16)7-10/h5-7,9,11,14,17H,2-4,8H2,1H3. The number of aliphatic hydroxyl groups is 1. The smallest absolute Gasteiger partial charge is 0.0611 e. The van der Waals surface area contributed by atoms with Gasteiger partial charge in [0.2, 0.25) is 0 Å². The van der Waals surface area contributed by atoms with Gasteiger partial charge in [0.05, 0.1) is 16.1 Å². The largest absolute Gasteiger partial charge is 0.392 e. The van der Waals surface area contributed by atoms with Crippen molar-refractivity contribution in [2.75, 3.05) is 0 Å². The van der Waals surface area contributed by atoms with Crippen molar-refractivity contribution < 1.29 is 5.11 Å². The lowest BCUT2D eigenvalue weighted by atomic mass is 9.89. The van der Waals surface area contributed by atoms with Crippen LogP contribution in [0.25, 0.3) is 0 Å². The van der Waals surface area contributed by atoms with Gasteiger partial charge in [-0.15, -0.1) is 0 Å². The van der Waals surface area contributed by atoms with Crippen LogP contribution in [-0.2, 0) is 6.42 Å². The summed E-state index contributed by atoms with van der Waals surface area (Å²) in [5.41, 5.74) is 1.06. The first-order chi connectivity index (χ1) is 8.08. The second-order valence-electron chi connectivity index (χ2n) is 5.09. The Balaban J connectivity index is 2.02.